The normalized spacial score (nSPS) is 12.7. The largest absolute Gasteiger partial charge is 0.272 e. The Bertz CT molecular complexity index is 379. The summed E-state index contributed by atoms with van der Waals surface area (Å²) in [6, 6.07) is 6.99. The van der Waals surface area contributed by atoms with Crippen LogP contribution in [0.4, 0.5) is 5.69 Å². The lowest BCUT2D eigenvalue weighted by Gasteiger charge is -2.13. The highest BCUT2D eigenvalue weighted by molar-refractivity contribution is 9.09. The van der Waals surface area contributed by atoms with Crippen LogP contribution in [0.2, 0.25) is 0 Å². The monoisotopic (exact) mass is 299 g/mol. The quantitative estimate of drug-likeness (QED) is 0.445. The van der Waals surface area contributed by atoms with Gasteiger partial charge in [0.25, 0.3) is 5.69 Å². The van der Waals surface area contributed by atoms with Gasteiger partial charge in [-0.3, -0.25) is 10.1 Å². The Labute approximate surface area is 111 Å². The van der Waals surface area contributed by atoms with E-state index >= 15 is 0 Å². The van der Waals surface area contributed by atoms with Crippen LogP contribution in [0.3, 0.4) is 0 Å². The van der Waals surface area contributed by atoms with Crippen LogP contribution in [-0.2, 0) is 6.42 Å². The van der Waals surface area contributed by atoms with E-state index in [1.54, 1.807) is 12.1 Å². The molecule has 0 aliphatic rings. The van der Waals surface area contributed by atoms with Crippen molar-refractivity contribution in [3.63, 3.8) is 0 Å². The maximum Gasteiger partial charge on any atom is 0.272 e. The summed E-state index contributed by atoms with van der Waals surface area (Å²) < 4.78 is 0. The van der Waals surface area contributed by atoms with E-state index in [1.165, 1.54) is 0 Å². The molecule has 1 aromatic carbocycles. The number of benzene rings is 1. The summed E-state index contributed by atoms with van der Waals surface area (Å²) in [5.74, 6) is 0.598. The number of halogens is 1. The molecule has 17 heavy (non-hydrogen) atoms. The van der Waals surface area contributed by atoms with Gasteiger partial charge in [0.05, 0.1) is 4.92 Å². The first-order valence-corrected chi connectivity index (χ1v) is 6.80. The molecule has 0 saturated heterocycles. The Kier molecular flexibility index (Phi) is 5.62. The van der Waals surface area contributed by atoms with Crippen LogP contribution in [0.15, 0.2) is 24.3 Å². The summed E-state index contributed by atoms with van der Waals surface area (Å²) in [5.41, 5.74) is 1.07. The summed E-state index contributed by atoms with van der Waals surface area (Å²) in [5, 5.41) is 10.8. The third-order valence-corrected chi connectivity index (χ3v) is 4.35. The molecule has 0 aromatic heterocycles. The van der Waals surface area contributed by atoms with Gasteiger partial charge in [-0.1, -0.05) is 48.0 Å². The summed E-state index contributed by atoms with van der Waals surface area (Å²) in [6.45, 7) is 4.34. The van der Waals surface area contributed by atoms with Crippen molar-refractivity contribution < 1.29 is 4.92 Å². The maximum absolute atomic E-state index is 10.8. The average Bonchev–Trinajstić information content (AvgIpc) is 2.29. The minimum atomic E-state index is -0.302. The molecule has 1 rings (SSSR count). The molecule has 1 unspecified atom stereocenters. The second-order valence-corrected chi connectivity index (χ2v) is 5.71. The predicted molar refractivity (Wildman–Crippen MR) is 73.6 cm³/mol. The third-order valence-electron chi connectivity index (χ3n) is 2.84. The summed E-state index contributed by atoms with van der Waals surface area (Å²) in [4.78, 5) is 11.0. The fourth-order valence-corrected chi connectivity index (χ4v) is 2.04. The number of rotatable bonds is 6. The predicted octanol–water partition coefficient (Wildman–Crippen LogP) is 4.34. The van der Waals surface area contributed by atoms with Crippen LogP contribution in [0.25, 0.3) is 0 Å². The van der Waals surface area contributed by atoms with Crippen molar-refractivity contribution in [1.82, 2.24) is 0 Å². The fraction of sp³-hybridized carbons (Fsp3) is 0.538. The van der Waals surface area contributed by atoms with Gasteiger partial charge in [0.15, 0.2) is 0 Å². The average molecular weight is 300 g/mol. The molecule has 0 aliphatic heterocycles. The lowest BCUT2D eigenvalue weighted by Crippen LogP contribution is -2.07. The van der Waals surface area contributed by atoms with Gasteiger partial charge in [-0.2, -0.15) is 0 Å². The van der Waals surface area contributed by atoms with E-state index in [-0.39, 0.29) is 10.6 Å². The Morgan fingerprint density at radius 3 is 2.59 bits per heavy atom. The van der Waals surface area contributed by atoms with E-state index in [0.29, 0.717) is 10.7 Å². The molecular formula is C13H18BrNO2. The summed E-state index contributed by atoms with van der Waals surface area (Å²) in [6.07, 6.45) is 2.79. The van der Waals surface area contributed by atoms with Gasteiger partial charge in [0, 0.05) is 16.5 Å². The van der Waals surface area contributed by atoms with E-state index in [0.717, 1.165) is 24.8 Å². The number of nitro benzene ring substituents is 1. The minimum absolute atomic E-state index is 0.239. The molecule has 0 radical (unpaired) electrons. The molecule has 0 bridgehead atoms. The number of hydrogen-bond donors (Lipinski definition) is 0. The van der Waals surface area contributed by atoms with Crippen molar-refractivity contribution in [2.75, 3.05) is 0 Å². The maximum atomic E-state index is 10.8. The zero-order valence-electron chi connectivity index (χ0n) is 10.2. The first-order valence-electron chi connectivity index (χ1n) is 5.88. The minimum Gasteiger partial charge on any atom is -0.258 e. The van der Waals surface area contributed by atoms with Crippen molar-refractivity contribution in [3.8, 4) is 0 Å². The molecule has 0 N–H and O–H groups in total. The van der Waals surface area contributed by atoms with Crippen LogP contribution in [0.1, 0.15) is 32.3 Å². The van der Waals surface area contributed by atoms with Gasteiger partial charge in [-0.05, 0) is 25.2 Å². The highest BCUT2D eigenvalue weighted by atomic mass is 79.9. The van der Waals surface area contributed by atoms with Crippen molar-refractivity contribution in [1.29, 1.82) is 0 Å². The number of nitro groups is 1. The standard InChI is InChI=1S/C13H18BrNO2/c1-10(2)12(14)8-5-7-11-6-3-4-9-13(11)15(16)17/h3-4,6,9-10,12H,5,7-8H2,1-2H3. The van der Waals surface area contributed by atoms with Gasteiger partial charge in [0.1, 0.15) is 0 Å². The van der Waals surface area contributed by atoms with Crippen LogP contribution in [-0.4, -0.2) is 9.75 Å². The molecule has 1 atom stereocenters. The van der Waals surface area contributed by atoms with E-state index in [4.69, 9.17) is 0 Å². The van der Waals surface area contributed by atoms with Gasteiger partial charge in [-0.15, -0.1) is 0 Å². The Morgan fingerprint density at radius 2 is 2.00 bits per heavy atom. The van der Waals surface area contributed by atoms with Crippen LogP contribution in [0, 0.1) is 16.0 Å². The second-order valence-electron chi connectivity index (χ2n) is 4.54. The highest BCUT2D eigenvalue weighted by Gasteiger charge is 2.13. The molecule has 0 aliphatic carbocycles. The topological polar surface area (TPSA) is 43.1 Å². The zero-order valence-corrected chi connectivity index (χ0v) is 11.8. The molecule has 0 spiro atoms. The lowest BCUT2D eigenvalue weighted by atomic mass is 10.0. The number of para-hydroxylation sites is 1. The molecule has 0 heterocycles. The fourth-order valence-electron chi connectivity index (χ4n) is 1.72. The smallest absolute Gasteiger partial charge is 0.258 e. The van der Waals surface area contributed by atoms with E-state index in [2.05, 4.69) is 29.8 Å². The van der Waals surface area contributed by atoms with Gasteiger partial charge in [0.2, 0.25) is 0 Å². The summed E-state index contributed by atoms with van der Waals surface area (Å²) >= 11 is 3.63. The molecule has 3 nitrogen and oxygen atoms in total. The molecule has 0 amide bonds. The van der Waals surface area contributed by atoms with Gasteiger partial charge in [-0.25, -0.2) is 0 Å². The van der Waals surface area contributed by atoms with Crippen molar-refractivity contribution in [2.45, 2.75) is 37.9 Å². The molecule has 0 fully saturated rings. The number of alkyl halides is 1. The molecule has 94 valence electrons. The Balaban J connectivity index is 2.55. The Hall–Kier alpha value is -0.900. The number of nitrogens with zero attached hydrogens (tertiary/aromatic N) is 1. The van der Waals surface area contributed by atoms with Crippen molar-refractivity contribution in [2.24, 2.45) is 5.92 Å². The Morgan fingerprint density at radius 1 is 1.35 bits per heavy atom. The first-order chi connectivity index (χ1) is 8.02. The molecule has 4 heteroatoms. The van der Waals surface area contributed by atoms with Crippen LogP contribution in [0.5, 0.6) is 0 Å². The highest BCUT2D eigenvalue weighted by Crippen LogP contribution is 2.23. The van der Waals surface area contributed by atoms with Gasteiger partial charge >= 0.3 is 0 Å². The van der Waals surface area contributed by atoms with Crippen LogP contribution < -0.4 is 0 Å². The lowest BCUT2D eigenvalue weighted by molar-refractivity contribution is -0.385. The van der Waals surface area contributed by atoms with Crippen molar-refractivity contribution in [3.05, 3.63) is 39.9 Å². The van der Waals surface area contributed by atoms with E-state index in [1.807, 2.05) is 12.1 Å². The number of aryl methyl sites for hydroxylation is 1. The molecule has 0 saturated carbocycles. The molecular weight excluding hydrogens is 282 g/mol. The number of hydrogen-bond acceptors (Lipinski definition) is 2. The second kappa shape index (κ2) is 6.74. The third kappa shape index (κ3) is 4.46. The van der Waals surface area contributed by atoms with Crippen LogP contribution >= 0.6 is 15.9 Å². The SMILES string of the molecule is CC(C)C(Br)CCCc1ccccc1[N+](=O)[O-]. The van der Waals surface area contributed by atoms with Gasteiger partial charge < -0.3 is 0 Å². The summed E-state index contributed by atoms with van der Waals surface area (Å²) in [7, 11) is 0. The van der Waals surface area contributed by atoms with E-state index < -0.39 is 0 Å². The zero-order chi connectivity index (χ0) is 12.8. The van der Waals surface area contributed by atoms with Crippen molar-refractivity contribution >= 4 is 21.6 Å². The molecule has 1 aromatic rings. The van der Waals surface area contributed by atoms with E-state index in [9.17, 15) is 10.1 Å². The first kappa shape index (κ1) is 14.2.